The largest absolute Gasteiger partial charge is 0.488 e. The Hall–Kier alpha value is -8.13. The summed E-state index contributed by atoms with van der Waals surface area (Å²) in [6, 6.07) is 70.3. The maximum absolute atomic E-state index is 9.35. The highest BCUT2D eigenvalue weighted by Gasteiger charge is 2.12. The molecule has 7 nitrogen and oxygen atoms in total. The third kappa shape index (κ3) is 12.1. The standard InChI is InChI=1S/C31H19N3.C17H11Cl2N.C7H6BNO2/c1-33-29-12-6-11-27(18-29)31-20-28(19-30(34-31)26-10-5-7-22(17-26)21-32)25-15-13-24(14-16-25)23-8-3-2-4-9-23;18-16-10-15(11-17(19)20-16)14-8-6-13(7-9-14)12-4-2-1-3-5-12;9-5-6-2-1-3-7(4-6)8(10)11/h2-20H;1-11H;1-4,10-11H. The molecule has 310 valence electrons. The Labute approximate surface area is 388 Å². The van der Waals surface area contributed by atoms with Gasteiger partial charge in [0.25, 0.3) is 0 Å². The Morgan fingerprint density at radius 1 is 0.415 bits per heavy atom. The predicted molar refractivity (Wildman–Crippen MR) is 263 cm³/mol. The normalized spacial score (nSPS) is 10.1. The number of pyridine rings is 2. The SMILES string of the molecule is Clc1cc(-c2ccc(-c3ccccc3)cc2)cc(Cl)n1.N#Cc1cccc(B(O)O)c1.[C-]#[N+]c1cccc(-c2cc(-c3ccc(-c4ccccc4)cc3)cc(-c3cccc(C#N)c3)n2)c1. The summed E-state index contributed by atoms with van der Waals surface area (Å²) >= 11 is 11.9. The van der Waals surface area contributed by atoms with Crippen LogP contribution in [0.5, 0.6) is 0 Å². The molecule has 0 amide bonds. The molecule has 0 aliphatic heterocycles. The lowest BCUT2D eigenvalue weighted by molar-refractivity contribution is 0.426. The zero-order chi connectivity index (χ0) is 45.5. The van der Waals surface area contributed by atoms with E-state index in [-0.39, 0.29) is 0 Å². The molecule has 2 N–H and O–H groups in total. The third-order valence-electron chi connectivity index (χ3n) is 10.1. The van der Waals surface area contributed by atoms with Gasteiger partial charge in [0.1, 0.15) is 10.3 Å². The molecular weight excluding hydrogens is 844 g/mol. The van der Waals surface area contributed by atoms with Crippen molar-refractivity contribution in [3.63, 3.8) is 0 Å². The molecule has 7 aromatic carbocycles. The summed E-state index contributed by atoms with van der Waals surface area (Å²) in [5.41, 5.74) is 14.1. The van der Waals surface area contributed by atoms with E-state index in [0.29, 0.717) is 32.6 Å². The van der Waals surface area contributed by atoms with Crippen molar-refractivity contribution in [2.24, 2.45) is 0 Å². The monoisotopic (exact) mass is 879 g/mol. The van der Waals surface area contributed by atoms with E-state index in [9.17, 15) is 5.26 Å². The Morgan fingerprint density at radius 3 is 1.29 bits per heavy atom. The fraction of sp³-hybridized carbons (Fsp3) is 0. The first-order chi connectivity index (χ1) is 31.7. The van der Waals surface area contributed by atoms with Crippen molar-refractivity contribution in [3.8, 4) is 79.2 Å². The maximum atomic E-state index is 9.35. The van der Waals surface area contributed by atoms with Crippen molar-refractivity contribution in [3.05, 3.63) is 239 Å². The molecule has 0 atom stereocenters. The average molecular weight is 881 g/mol. The molecule has 0 saturated heterocycles. The summed E-state index contributed by atoms with van der Waals surface area (Å²) in [5, 5.41) is 36.0. The van der Waals surface area contributed by atoms with Gasteiger partial charge in [-0.05, 0) is 110 Å². The number of nitrogens with zero attached hydrogens (tertiary/aromatic N) is 5. The van der Waals surface area contributed by atoms with Crippen LogP contribution in [-0.4, -0.2) is 27.1 Å². The van der Waals surface area contributed by atoms with Crippen LogP contribution in [0.15, 0.2) is 206 Å². The van der Waals surface area contributed by atoms with Crippen molar-refractivity contribution in [2.75, 3.05) is 0 Å². The smallest absolute Gasteiger partial charge is 0.423 e. The molecule has 0 aliphatic carbocycles. The van der Waals surface area contributed by atoms with Gasteiger partial charge in [0.05, 0.1) is 41.2 Å². The van der Waals surface area contributed by atoms with E-state index in [1.54, 1.807) is 30.3 Å². The van der Waals surface area contributed by atoms with Crippen molar-refractivity contribution < 1.29 is 10.0 Å². The molecule has 2 aromatic heterocycles. The van der Waals surface area contributed by atoms with E-state index in [1.165, 1.54) is 22.8 Å². The van der Waals surface area contributed by atoms with E-state index in [2.05, 4.69) is 101 Å². The van der Waals surface area contributed by atoms with Crippen molar-refractivity contribution in [2.45, 2.75) is 0 Å². The van der Waals surface area contributed by atoms with Crippen LogP contribution in [0.4, 0.5) is 5.69 Å². The molecule has 2 heterocycles. The molecule has 0 aliphatic rings. The lowest BCUT2D eigenvalue weighted by Crippen LogP contribution is -2.29. The first-order valence-corrected chi connectivity index (χ1v) is 21.0. The fourth-order valence-electron chi connectivity index (χ4n) is 6.85. The van der Waals surface area contributed by atoms with Gasteiger partial charge in [0, 0.05) is 5.56 Å². The van der Waals surface area contributed by atoms with Gasteiger partial charge < -0.3 is 10.0 Å². The minimum atomic E-state index is -1.50. The highest BCUT2D eigenvalue weighted by molar-refractivity contribution is 6.58. The number of halogens is 2. The Balaban J connectivity index is 0.000000170. The van der Waals surface area contributed by atoms with Gasteiger partial charge in [-0.1, -0.05) is 175 Å². The van der Waals surface area contributed by atoms with E-state index in [0.717, 1.165) is 50.3 Å². The van der Waals surface area contributed by atoms with Crippen LogP contribution in [0.25, 0.3) is 71.9 Å². The molecule has 9 aromatic rings. The van der Waals surface area contributed by atoms with Crippen LogP contribution in [0.1, 0.15) is 11.1 Å². The van der Waals surface area contributed by atoms with E-state index < -0.39 is 7.12 Å². The van der Waals surface area contributed by atoms with Gasteiger partial charge in [-0.3, -0.25) is 0 Å². The van der Waals surface area contributed by atoms with Gasteiger partial charge in [0.2, 0.25) is 0 Å². The van der Waals surface area contributed by atoms with E-state index >= 15 is 0 Å². The van der Waals surface area contributed by atoms with Gasteiger partial charge in [-0.25, -0.2) is 14.8 Å². The van der Waals surface area contributed by atoms with E-state index in [1.807, 2.05) is 91.0 Å². The Bertz CT molecular complexity index is 3090. The van der Waals surface area contributed by atoms with Crippen LogP contribution >= 0.6 is 23.2 Å². The van der Waals surface area contributed by atoms with Crippen LogP contribution in [0.3, 0.4) is 0 Å². The molecule has 0 spiro atoms. The number of benzene rings is 7. The molecule has 0 bridgehead atoms. The summed E-state index contributed by atoms with van der Waals surface area (Å²) in [4.78, 5) is 12.4. The molecule has 9 rings (SSSR count). The number of rotatable bonds is 7. The molecule has 0 unspecified atom stereocenters. The van der Waals surface area contributed by atoms with Crippen molar-refractivity contribution in [1.29, 1.82) is 10.5 Å². The second kappa shape index (κ2) is 21.8. The fourth-order valence-corrected chi connectivity index (χ4v) is 7.31. The van der Waals surface area contributed by atoms with E-state index in [4.69, 9.17) is 50.1 Å². The number of hydrogen-bond acceptors (Lipinski definition) is 6. The molecular formula is C55H36BCl2N5O2. The van der Waals surface area contributed by atoms with Crippen LogP contribution in [0, 0.1) is 29.2 Å². The molecule has 65 heavy (non-hydrogen) atoms. The van der Waals surface area contributed by atoms with Gasteiger partial charge in [-0.15, -0.1) is 0 Å². The first kappa shape index (κ1) is 44.9. The summed E-state index contributed by atoms with van der Waals surface area (Å²) in [7, 11) is -1.50. The molecule has 0 saturated carbocycles. The zero-order valence-electron chi connectivity index (χ0n) is 34.6. The first-order valence-electron chi connectivity index (χ1n) is 20.2. The topological polar surface area (TPSA) is 118 Å². The molecule has 10 heteroatoms. The van der Waals surface area contributed by atoms with Gasteiger partial charge in [0.15, 0.2) is 5.69 Å². The summed E-state index contributed by atoms with van der Waals surface area (Å²) in [5.74, 6) is 0. The molecule has 0 radical (unpaired) electrons. The lowest BCUT2D eigenvalue weighted by Gasteiger charge is -2.11. The van der Waals surface area contributed by atoms with Crippen molar-refractivity contribution >= 4 is 41.5 Å². The zero-order valence-corrected chi connectivity index (χ0v) is 36.1. The number of aromatic nitrogens is 2. The van der Waals surface area contributed by atoms with Crippen LogP contribution in [0.2, 0.25) is 10.3 Å². The second-order valence-electron chi connectivity index (χ2n) is 14.5. The minimum absolute atomic E-state index is 0.337. The van der Waals surface area contributed by atoms with Crippen molar-refractivity contribution in [1.82, 2.24) is 9.97 Å². The van der Waals surface area contributed by atoms with Gasteiger partial charge >= 0.3 is 7.12 Å². The molecule has 0 fully saturated rings. The highest BCUT2D eigenvalue weighted by Crippen LogP contribution is 2.33. The lowest BCUT2D eigenvalue weighted by atomic mass is 9.80. The quantitative estimate of drug-likeness (QED) is 0.0935. The minimum Gasteiger partial charge on any atom is -0.423 e. The van der Waals surface area contributed by atoms with Crippen LogP contribution < -0.4 is 5.46 Å². The van der Waals surface area contributed by atoms with Gasteiger partial charge in [-0.2, -0.15) is 10.5 Å². The summed E-state index contributed by atoms with van der Waals surface area (Å²) in [6.07, 6.45) is 0. The average Bonchev–Trinajstić information content (AvgIpc) is 3.37. The Kier molecular flexibility index (Phi) is 15.1. The Morgan fingerprint density at radius 2 is 0.815 bits per heavy atom. The third-order valence-corrected chi connectivity index (χ3v) is 10.5. The maximum Gasteiger partial charge on any atom is 0.488 e. The van der Waals surface area contributed by atoms with Crippen LogP contribution in [-0.2, 0) is 0 Å². The predicted octanol–water partition coefficient (Wildman–Crippen LogP) is 13.1. The number of nitriles is 2. The highest BCUT2D eigenvalue weighted by atomic mass is 35.5. The number of hydrogen-bond donors (Lipinski definition) is 2. The summed E-state index contributed by atoms with van der Waals surface area (Å²) in [6.45, 7) is 7.37. The summed E-state index contributed by atoms with van der Waals surface area (Å²) < 4.78 is 0. The second-order valence-corrected chi connectivity index (χ2v) is 15.3.